The summed E-state index contributed by atoms with van der Waals surface area (Å²) in [6.07, 6.45) is 0.900. The lowest BCUT2D eigenvalue weighted by atomic mass is 10.1. The summed E-state index contributed by atoms with van der Waals surface area (Å²) in [7, 11) is 1.70. The molecule has 1 unspecified atom stereocenters. The number of hydrogen-bond donors (Lipinski definition) is 3. The normalized spacial score (nSPS) is 12.4. The van der Waals surface area contributed by atoms with E-state index in [9.17, 15) is 9.18 Å². The number of amides is 1. The quantitative estimate of drug-likeness (QED) is 0.505. The second-order valence-electron chi connectivity index (χ2n) is 6.84. The van der Waals surface area contributed by atoms with Gasteiger partial charge in [0, 0.05) is 31.7 Å². The highest BCUT2D eigenvalue weighted by Gasteiger charge is 2.08. The highest BCUT2D eigenvalue weighted by molar-refractivity contribution is 5.94. The Hall–Kier alpha value is -2.89. The van der Waals surface area contributed by atoms with Crippen molar-refractivity contribution in [2.24, 2.45) is 4.99 Å². The first-order valence-electron chi connectivity index (χ1n) is 9.52. The minimum absolute atomic E-state index is 0.0547. The molecule has 5 nitrogen and oxygen atoms in total. The molecule has 0 saturated carbocycles. The Kier molecular flexibility index (Phi) is 7.99. The van der Waals surface area contributed by atoms with Gasteiger partial charge in [0.1, 0.15) is 5.82 Å². The smallest absolute Gasteiger partial charge is 0.251 e. The van der Waals surface area contributed by atoms with Crippen LogP contribution in [0.2, 0.25) is 0 Å². The van der Waals surface area contributed by atoms with Gasteiger partial charge in [0.05, 0.1) is 0 Å². The van der Waals surface area contributed by atoms with Gasteiger partial charge in [-0.15, -0.1) is 0 Å². The van der Waals surface area contributed by atoms with Crippen LogP contribution in [0, 0.1) is 12.7 Å². The number of halogens is 1. The van der Waals surface area contributed by atoms with E-state index in [1.165, 1.54) is 6.07 Å². The highest BCUT2D eigenvalue weighted by atomic mass is 19.1. The SMILES string of the molecule is CCC(C)NC(=O)c1ccc(CNC(=NC)NCc2ccc(F)c(C)c2)cc1. The van der Waals surface area contributed by atoms with Crippen molar-refractivity contribution in [3.05, 3.63) is 70.5 Å². The third-order valence-electron chi connectivity index (χ3n) is 4.57. The number of aliphatic imine (C=N–C) groups is 1. The van der Waals surface area contributed by atoms with Crippen LogP contribution in [0.3, 0.4) is 0 Å². The van der Waals surface area contributed by atoms with E-state index in [1.54, 1.807) is 20.0 Å². The van der Waals surface area contributed by atoms with Crippen molar-refractivity contribution in [3.63, 3.8) is 0 Å². The lowest BCUT2D eigenvalue weighted by molar-refractivity contribution is 0.0939. The van der Waals surface area contributed by atoms with Gasteiger partial charge >= 0.3 is 0 Å². The topological polar surface area (TPSA) is 65.5 Å². The largest absolute Gasteiger partial charge is 0.352 e. The van der Waals surface area contributed by atoms with Crippen LogP contribution in [0.25, 0.3) is 0 Å². The molecule has 2 aromatic rings. The molecule has 0 saturated heterocycles. The summed E-state index contributed by atoms with van der Waals surface area (Å²) in [6.45, 7) is 6.91. The maximum absolute atomic E-state index is 13.3. The molecule has 1 atom stereocenters. The summed E-state index contributed by atoms with van der Waals surface area (Å²) in [5.74, 6) is 0.397. The van der Waals surface area contributed by atoms with Crippen molar-refractivity contribution in [3.8, 4) is 0 Å². The molecule has 2 rings (SSSR count). The Morgan fingerprint density at radius 1 is 1.07 bits per heavy atom. The summed E-state index contributed by atoms with van der Waals surface area (Å²) in [5, 5.41) is 9.41. The van der Waals surface area contributed by atoms with Gasteiger partial charge in [0.15, 0.2) is 5.96 Å². The molecule has 28 heavy (non-hydrogen) atoms. The summed E-state index contributed by atoms with van der Waals surface area (Å²) < 4.78 is 13.3. The second-order valence-corrected chi connectivity index (χ2v) is 6.84. The van der Waals surface area contributed by atoms with E-state index in [0.717, 1.165) is 17.5 Å². The van der Waals surface area contributed by atoms with Crippen LogP contribution in [0.5, 0.6) is 0 Å². The molecule has 0 aromatic heterocycles. The standard InChI is InChI=1S/C22H29FN4O/c1-5-16(3)27-21(28)19-9-6-17(7-10-19)13-25-22(24-4)26-14-18-8-11-20(23)15(2)12-18/h6-12,16H,5,13-14H2,1-4H3,(H,27,28)(H2,24,25,26). The van der Waals surface area contributed by atoms with Crippen molar-refractivity contribution < 1.29 is 9.18 Å². The molecular formula is C22H29FN4O. The fraction of sp³-hybridized carbons (Fsp3) is 0.364. The third kappa shape index (κ3) is 6.37. The lowest BCUT2D eigenvalue weighted by Crippen LogP contribution is -2.36. The van der Waals surface area contributed by atoms with Gasteiger partial charge in [-0.1, -0.05) is 31.2 Å². The van der Waals surface area contributed by atoms with Gasteiger partial charge in [0.25, 0.3) is 5.91 Å². The van der Waals surface area contributed by atoms with Gasteiger partial charge in [-0.25, -0.2) is 4.39 Å². The van der Waals surface area contributed by atoms with E-state index in [-0.39, 0.29) is 17.8 Å². The zero-order valence-electron chi connectivity index (χ0n) is 17.0. The van der Waals surface area contributed by atoms with Crippen LogP contribution in [-0.4, -0.2) is 25.0 Å². The Bertz CT molecular complexity index is 818. The van der Waals surface area contributed by atoms with E-state index in [2.05, 4.69) is 20.9 Å². The van der Waals surface area contributed by atoms with Crippen LogP contribution in [0.15, 0.2) is 47.5 Å². The number of nitrogens with one attached hydrogen (secondary N) is 3. The molecule has 0 spiro atoms. The minimum Gasteiger partial charge on any atom is -0.352 e. The minimum atomic E-state index is -0.201. The molecule has 1 amide bonds. The molecule has 0 fully saturated rings. The van der Waals surface area contributed by atoms with Crippen molar-refractivity contribution >= 4 is 11.9 Å². The average molecular weight is 384 g/mol. The van der Waals surface area contributed by atoms with Gasteiger partial charge in [-0.2, -0.15) is 0 Å². The van der Waals surface area contributed by atoms with Gasteiger partial charge in [-0.05, 0) is 55.2 Å². The molecular weight excluding hydrogens is 355 g/mol. The van der Waals surface area contributed by atoms with Crippen molar-refractivity contribution in [1.82, 2.24) is 16.0 Å². The molecule has 6 heteroatoms. The average Bonchev–Trinajstić information content (AvgIpc) is 2.70. The highest BCUT2D eigenvalue weighted by Crippen LogP contribution is 2.09. The zero-order valence-corrected chi connectivity index (χ0v) is 17.0. The van der Waals surface area contributed by atoms with Gasteiger partial charge < -0.3 is 16.0 Å². The first-order chi connectivity index (χ1) is 13.4. The maximum atomic E-state index is 13.3. The Balaban J connectivity index is 1.85. The molecule has 0 bridgehead atoms. The summed E-state index contributed by atoms with van der Waals surface area (Å²) in [4.78, 5) is 16.3. The van der Waals surface area contributed by atoms with Crippen LogP contribution in [0.1, 0.15) is 47.3 Å². The number of carbonyl (C=O) groups excluding carboxylic acids is 1. The number of nitrogens with zero attached hydrogens (tertiary/aromatic N) is 1. The summed E-state index contributed by atoms with van der Waals surface area (Å²) in [6, 6.07) is 12.7. The summed E-state index contributed by atoms with van der Waals surface area (Å²) >= 11 is 0. The van der Waals surface area contributed by atoms with Crippen LogP contribution < -0.4 is 16.0 Å². The number of guanidine groups is 1. The predicted molar refractivity (Wildman–Crippen MR) is 112 cm³/mol. The molecule has 0 aliphatic rings. The van der Waals surface area contributed by atoms with E-state index < -0.39 is 0 Å². The van der Waals surface area contributed by atoms with Gasteiger partial charge in [-0.3, -0.25) is 9.79 Å². The predicted octanol–water partition coefficient (Wildman–Crippen LogP) is 3.53. The number of rotatable bonds is 7. The molecule has 0 heterocycles. The number of hydrogen-bond acceptors (Lipinski definition) is 2. The zero-order chi connectivity index (χ0) is 20.5. The lowest BCUT2D eigenvalue weighted by Gasteiger charge is -2.13. The van der Waals surface area contributed by atoms with Crippen molar-refractivity contribution in [2.75, 3.05) is 7.05 Å². The van der Waals surface area contributed by atoms with E-state index >= 15 is 0 Å². The molecule has 150 valence electrons. The van der Waals surface area contributed by atoms with E-state index in [4.69, 9.17) is 0 Å². The van der Waals surface area contributed by atoms with Crippen LogP contribution in [-0.2, 0) is 13.1 Å². The molecule has 3 N–H and O–H groups in total. The van der Waals surface area contributed by atoms with Gasteiger partial charge in [0.2, 0.25) is 0 Å². The van der Waals surface area contributed by atoms with E-state index in [1.807, 2.05) is 44.2 Å². The first-order valence-corrected chi connectivity index (χ1v) is 9.52. The molecule has 0 radical (unpaired) electrons. The van der Waals surface area contributed by atoms with E-state index in [0.29, 0.717) is 30.2 Å². The number of aryl methyl sites for hydroxylation is 1. The first kappa shape index (κ1) is 21.4. The number of benzene rings is 2. The second kappa shape index (κ2) is 10.4. The Labute approximate surface area is 166 Å². The fourth-order valence-electron chi connectivity index (χ4n) is 2.59. The third-order valence-corrected chi connectivity index (χ3v) is 4.57. The summed E-state index contributed by atoms with van der Waals surface area (Å²) in [5.41, 5.74) is 3.30. The molecule has 0 aliphatic heterocycles. The van der Waals surface area contributed by atoms with Crippen molar-refractivity contribution in [2.45, 2.75) is 46.3 Å². The fourth-order valence-corrected chi connectivity index (χ4v) is 2.59. The maximum Gasteiger partial charge on any atom is 0.251 e. The monoisotopic (exact) mass is 384 g/mol. The molecule has 0 aliphatic carbocycles. The van der Waals surface area contributed by atoms with Crippen LogP contribution in [0.4, 0.5) is 4.39 Å². The molecule has 2 aromatic carbocycles. The number of carbonyl (C=O) groups is 1. The van der Waals surface area contributed by atoms with Crippen LogP contribution >= 0.6 is 0 Å². The van der Waals surface area contributed by atoms with Crippen molar-refractivity contribution in [1.29, 1.82) is 0 Å². The Morgan fingerprint density at radius 3 is 2.25 bits per heavy atom. The Morgan fingerprint density at radius 2 is 1.68 bits per heavy atom.